The topological polar surface area (TPSA) is 88.9 Å². The molecule has 4 aromatic rings. The maximum atomic E-state index is 13.3. The van der Waals surface area contributed by atoms with Gasteiger partial charge in [0.1, 0.15) is 6.04 Å². The van der Waals surface area contributed by atoms with E-state index in [4.69, 9.17) is 4.98 Å². The highest BCUT2D eigenvalue weighted by Crippen LogP contribution is 2.38. The fourth-order valence-electron chi connectivity index (χ4n) is 3.86. The molecule has 0 aliphatic rings. The monoisotopic (exact) mass is 487 g/mol. The summed E-state index contributed by atoms with van der Waals surface area (Å²) in [6, 6.07) is 16.5. The summed E-state index contributed by atoms with van der Waals surface area (Å²) in [6.07, 6.45) is 4.12. The van der Waals surface area contributed by atoms with E-state index in [2.05, 4.69) is 15.6 Å². The Hall–Kier alpha value is -3.78. The number of hydrogen-bond acceptors (Lipinski definition) is 5. The molecule has 0 fully saturated rings. The van der Waals surface area contributed by atoms with Gasteiger partial charge in [-0.2, -0.15) is 0 Å². The van der Waals surface area contributed by atoms with Crippen molar-refractivity contribution in [3.63, 3.8) is 0 Å². The maximum Gasteiger partial charge on any atom is 0.252 e. The first-order valence-corrected chi connectivity index (χ1v) is 12.4. The van der Waals surface area contributed by atoms with Crippen molar-refractivity contribution < 1.29 is 9.59 Å². The highest BCUT2D eigenvalue weighted by atomic mass is 32.1. The van der Waals surface area contributed by atoms with Crippen LogP contribution in [0, 0.1) is 12.8 Å². The van der Waals surface area contributed by atoms with Crippen molar-refractivity contribution in [2.45, 2.75) is 33.2 Å². The number of imidazole rings is 1. The van der Waals surface area contributed by atoms with Gasteiger partial charge in [-0.05, 0) is 30.9 Å². The van der Waals surface area contributed by atoms with E-state index in [0.29, 0.717) is 17.1 Å². The minimum atomic E-state index is -0.692. The Morgan fingerprint density at radius 3 is 2.43 bits per heavy atom. The number of nitrogens with zero attached hydrogens (tertiary/aromatic N) is 3. The Morgan fingerprint density at radius 2 is 1.77 bits per heavy atom. The summed E-state index contributed by atoms with van der Waals surface area (Å²) < 4.78 is 1.93. The zero-order chi connectivity index (χ0) is 24.9. The number of rotatable bonds is 8. The van der Waals surface area contributed by atoms with Gasteiger partial charge in [-0.3, -0.25) is 9.59 Å². The predicted molar refractivity (Wildman–Crippen MR) is 140 cm³/mol. The van der Waals surface area contributed by atoms with Crippen molar-refractivity contribution in [3.05, 3.63) is 78.1 Å². The number of anilines is 1. The number of thiazole rings is 1. The van der Waals surface area contributed by atoms with Crippen molar-refractivity contribution in [1.82, 2.24) is 19.9 Å². The van der Waals surface area contributed by atoms with Crippen LogP contribution in [0.5, 0.6) is 0 Å². The second-order valence-electron chi connectivity index (χ2n) is 8.88. The molecule has 0 aliphatic carbocycles. The minimum Gasteiger partial charge on any atom is -0.340 e. The second-order valence-corrected chi connectivity index (χ2v) is 9.88. The standard InChI is InChI=1S/C27H29N5O2S/c1-17(2)16-21(29-25(33)20-13-9-8-10-18(20)3)26(34)31-27-30-22(19-11-6-5-7-12-19)23(35-27)24-28-14-15-32(24)4/h5-15,17,21H,16H2,1-4H3,(H,29,33)(H,30,31,34). The number of carbonyl (C=O) groups is 2. The fraction of sp³-hybridized carbons (Fsp3) is 0.259. The number of benzene rings is 2. The smallest absolute Gasteiger partial charge is 0.252 e. The molecule has 4 rings (SSSR count). The van der Waals surface area contributed by atoms with Gasteiger partial charge in [0.15, 0.2) is 11.0 Å². The van der Waals surface area contributed by atoms with Crippen LogP contribution >= 0.6 is 11.3 Å². The van der Waals surface area contributed by atoms with E-state index >= 15 is 0 Å². The summed E-state index contributed by atoms with van der Waals surface area (Å²) in [7, 11) is 1.93. The molecule has 8 heteroatoms. The summed E-state index contributed by atoms with van der Waals surface area (Å²) in [5.41, 5.74) is 3.12. The van der Waals surface area contributed by atoms with Crippen LogP contribution in [0.15, 0.2) is 67.0 Å². The number of carbonyl (C=O) groups excluding carboxylic acids is 2. The third-order valence-corrected chi connectivity index (χ3v) is 6.61. The normalized spacial score (nSPS) is 11.9. The van der Waals surface area contributed by atoms with E-state index in [0.717, 1.165) is 27.5 Å². The number of hydrogen-bond donors (Lipinski definition) is 2. The predicted octanol–water partition coefficient (Wildman–Crippen LogP) is 5.30. The van der Waals surface area contributed by atoms with Crippen molar-refractivity contribution in [3.8, 4) is 22.0 Å². The van der Waals surface area contributed by atoms with Gasteiger partial charge in [0.25, 0.3) is 5.91 Å². The Kier molecular flexibility index (Phi) is 7.41. The van der Waals surface area contributed by atoms with Crippen LogP contribution in [0.4, 0.5) is 5.13 Å². The molecule has 7 nitrogen and oxygen atoms in total. The maximum absolute atomic E-state index is 13.3. The largest absolute Gasteiger partial charge is 0.340 e. The van der Waals surface area contributed by atoms with Crippen LogP contribution < -0.4 is 10.6 Å². The first-order chi connectivity index (χ1) is 16.8. The summed E-state index contributed by atoms with van der Waals surface area (Å²) in [5, 5.41) is 6.34. The van der Waals surface area contributed by atoms with Gasteiger partial charge in [0.2, 0.25) is 5.91 Å². The van der Waals surface area contributed by atoms with E-state index in [1.807, 2.05) is 87.1 Å². The van der Waals surface area contributed by atoms with E-state index in [9.17, 15) is 9.59 Å². The molecule has 2 amide bonds. The Bertz CT molecular complexity index is 1330. The summed E-state index contributed by atoms with van der Waals surface area (Å²) in [4.78, 5) is 36.4. The molecule has 2 heterocycles. The molecule has 1 atom stereocenters. The molecule has 1 unspecified atom stereocenters. The van der Waals surface area contributed by atoms with Crippen LogP contribution in [0.1, 0.15) is 36.2 Å². The van der Waals surface area contributed by atoms with Gasteiger partial charge in [-0.25, -0.2) is 9.97 Å². The third-order valence-electron chi connectivity index (χ3n) is 5.65. The van der Waals surface area contributed by atoms with E-state index in [-0.39, 0.29) is 17.7 Å². The molecule has 0 saturated carbocycles. The lowest BCUT2D eigenvalue weighted by atomic mass is 10.0. The third kappa shape index (κ3) is 5.66. The molecule has 2 aromatic heterocycles. The SMILES string of the molecule is Cc1ccccc1C(=O)NC(CC(C)C)C(=O)Nc1nc(-c2ccccc2)c(-c2nccn2C)s1. The van der Waals surface area contributed by atoms with Crippen molar-refractivity contribution >= 4 is 28.3 Å². The second kappa shape index (κ2) is 10.7. The number of nitrogens with one attached hydrogen (secondary N) is 2. The van der Waals surface area contributed by atoms with Crippen LogP contribution in [-0.2, 0) is 11.8 Å². The molecule has 0 spiro atoms. The minimum absolute atomic E-state index is 0.210. The number of aryl methyl sites for hydroxylation is 2. The lowest BCUT2D eigenvalue weighted by Gasteiger charge is -2.20. The molecule has 0 saturated heterocycles. The summed E-state index contributed by atoms with van der Waals surface area (Å²) in [6.45, 7) is 5.93. The molecule has 0 radical (unpaired) electrons. The Labute approximate surface area is 209 Å². The fourth-order valence-corrected chi connectivity index (χ4v) is 4.89. The first-order valence-electron chi connectivity index (χ1n) is 11.5. The Morgan fingerprint density at radius 1 is 1.06 bits per heavy atom. The van der Waals surface area contributed by atoms with Gasteiger partial charge in [0, 0.05) is 30.6 Å². The molecular formula is C27H29N5O2S. The van der Waals surface area contributed by atoms with Gasteiger partial charge in [-0.1, -0.05) is 73.7 Å². The molecule has 2 aromatic carbocycles. The van der Waals surface area contributed by atoms with Crippen LogP contribution in [0.3, 0.4) is 0 Å². The molecule has 2 N–H and O–H groups in total. The highest BCUT2D eigenvalue weighted by Gasteiger charge is 2.25. The average molecular weight is 488 g/mol. The van der Waals surface area contributed by atoms with Crippen molar-refractivity contribution in [1.29, 1.82) is 0 Å². The van der Waals surface area contributed by atoms with E-state index in [1.165, 1.54) is 11.3 Å². The zero-order valence-corrected chi connectivity index (χ0v) is 21.1. The summed E-state index contributed by atoms with van der Waals surface area (Å²) >= 11 is 1.37. The molecule has 0 bridgehead atoms. The van der Waals surface area contributed by atoms with Crippen LogP contribution in [-0.4, -0.2) is 32.4 Å². The summed E-state index contributed by atoms with van der Waals surface area (Å²) in [5.74, 6) is 0.428. The van der Waals surface area contributed by atoms with E-state index in [1.54, 1.807) is 12.3 Å². The van der Waals surface area contributed by atoms with Crippen LogP contribution in [0.25, 0.3) is 22.0 Å². The highest BCUT2D eigenvalue weighted by molar-refractivity contribution is 7.19. The van der Waals surface area contributed by atoms with E-state index < -0.39 is 6.04 Å². The quantitative estimate of drug-likeness (QED) is 0.353. The number of aromatic nitrogens is 3. The van der Waals surface area contributed by atoms with Gasteiger partial charge < -0.3 is 15.2 Å². The lowest BCUT2D eigenvalue weighted by molar-refractivity contribution is -0.118. The van der Waals surface area contributed by atoms with Gasteiger partial charge in [-0.15, -0.1) is 0 Å². The number of amides is 2. The average Bonchev–Trinajstić information content (AvgIpc) is 3.44. The lowest BCUT2D eigenvalue weighted by Crippen LogP contribution is -2.44. The van der Waals surface area contributed by atoms with Gasteiger partial charge >= 0.3 is 0 Å². The first kappa shape index (κ1) is 24.3. The Balaban J connectivity index is 1.61. The molecular weight excluding hydrogens is 458 g/mol. The van der Waals surface area contributed by atoms with Crippen LogP contribution in [0.2, 0.25) is 0 Å². The molecule has 35 heavy (non-hydrogen) atoms. The van der Waals surface area contributed by atoms with Crippen molar-refractivity contribution in [2.75, 3.05) is 5.32 Å². The molecule has 180 valence electrons. The van der Waals surface area contributed by atoms with Gasteiger partial charge in [0.05, 0.1) is 10.6 Å². The van der Waals surface area contributed by atoms with Crippen molar-refractivity contribution in [2.24, 2.45) is 13.0 Å². The molecule has 0 aliphatic heterocycles. The zero-order valence-electron chi connectivity index (χ0n) is 20.3.